The van der Waals surface area contributed by atoms with Gasteiger partial charge in [0, 0.05) is 12.8 Å². The van der Waals surface area contributed by atoms with Crippen LogP contribution in [-0.4, -0.2) is 27.9 Å². The molecule has 0 bridgehead atoms. The number of rotatable bonds is 5. The first-order valence-corrected chi connectivity index (χ1v) is 6.43. The molecule has 1 rings (SSSR count). The Labute approximate surface area is 100 Å². The van der Waals surface area contributed by atoms with Crippen molar-refractivity contribution < 1.29 is 13.2 Å². The third kappa shape index (κ3) is 3.94. The van der Waals surface area contributed by atoms with Gasteiger partial charge in [-0.1, -0.05) is 0 Å². The van der Waals surface area contributed by atoms with E-state index >= 15 is 0 Å². The zero-order valence-corrected chi connectivity index (χ0v) is 10.1. The summed E-state index contributed by atoms with van der Waals surface area (Å²) in [5.74, 6) is -0.168. The van der Waals surface area contributed by atoms with Crippen LogP contribution in [0.15, 0.2) is 18.2 Å². The summed E-state index contributed by atoms with van der Waals surface area (Å²) in [6.07, 6.45) is 0. The monoisotopic (exact) mass is 255 g/mol. The minimum Gasteiger partial charge on any atom is -0.399 e. The van der Waals surface area contributed by atoms with Gasteiger partial charge >= 0.3 is 0 Å². The predicted molar refractivity (Wildman–Crippen MR) is 64.9 cm³/mol. The van der Waals surface area contributed by atoms with Gasteiger partial charge in [-0.3, -0.25) is 4.72 Å². The molecule has 0 atom stereocenters. The Kier molecular flexibility index (Phi) is 4.31. The lowest BCUT2D eigenvalue weighted by molar-refractivity contribution is 0.217. The number of methoxy groups -OCH3 is 1. The van der Waals surface area contributed by atoms with Crippen LogP contribution in [0.3, 0.4) is 0 Å². The molecule has 0 radical (unpaired) electrons. The number of hydrogen-bond donors (Lipinski definition) is 2. The van der Waals surface area contributed by atoms with E-state index in [9.17, 15) is 8.42 Å². The predicted octanol–water partition coefficient (Wildman–Crippen LogP) is 0.529. The van der Waals surface area contributed by atoms with Crippen molar-refractivity contribution >= 4 is 21.4 Å². The van der Waals surface area contributed by atoms with Crippen LogP contribution in [0.25, 0.3) is 0 Å². The number of nitrogens with two attached hydrogens (primary N) is 1. The molecule has 0 heterocycles. The van der Waals surface area contributed by atoms with E-state index in [1.54, 1.807) is 0 Å². The van der Waals surface area contributed by atoms with Crippen molar-refractivity contribution in [2.75, 3.05) is 29.9 Å². The largest absolute Gasteiger partial charge is 0.399 e. The third-order valence-corrected chi connectivity index (χ3v) is 3.22. The lowest BCUT2D eigenvalue weighted by Crippen LogP contribution is -2.20. The molecule has 0 aliphatic heterocycles. The molecule has 0 fully saturated rings. The summed E-state index contributed by atoms with van der Waals surface area (Å²) in [5.41, 5.74) is 6.31. The summed E-state index contributed by atoms with van der Waals surface area (Å²) >= 11 is 0. The summed E-state index contributed by atoms with van der Waals surface area (Å²) in [4.78, 5) is 0. The SMILES string of the molecule is COCCS(=O)(=O)Nc1ccc(N)cc1C#N. The Morgan fingerprint density at radius 2 is 2.24 bits per heavy atom. The normalized spacial score (nSPS) is 10.8. The Balaban J connectivity index is 2.92. The fourth-order valence-electron chi connectivity index (χ4n) is 1.15. The molecular formula is C10H13N3O3S. The first-order valence-electron chi connectivity index (χ1n) is 4.77. The van der Waals surface area contributed by atoms with Gasteiger partial charge in [0.05, 0.1) is 23.6 Å². The highest BCUT2D eigenvalue weighted by Gasteiger charge is 2.12. The second kappa shape index (κ2) is 5.52. The molecule has 92 valence electrons. The summed E-state index contributed by atoms with van der Waals surface area (Å²) < 4.78 is 30.2. The molecule has 0 spiro atoms. The average Bonchev–Trinajstić information content (AvgIpc) is 2.28. The van der Waals surface area contributed by atoms with Crippen LogP contribution >= 0.6 is 0 Å². The number of anilines is 2. The maximum absolute atomic E-state index is 11.6. The first kappa shape index (κ1) is 13.3. The zero-order valence-electron chi connectivity index (χ0n) is 9.30. The van der Waals surface area contributed by atoms with E-state index in [0.29, 0.717) is 5.69 Å². The van der Waals surface area contributed by atoms with Crippen molar-refractivity contribution in [1.82, 2.24) is 0 Å². The highest BCUT2D eigenvalue weighted by molar-refractivity contribution is 7.92. The Hall–Kier alpha value is -1.78. The van der Waals surface area contributed by atoms with Gasteiger partial charge in [-0.2, -0.15) is 5.26 Å². The highest BCUT2D eigenvalue weighted by Crippen LogP contribution is 2.19. The van der Waals surface area contributed by atoms with E-state index in [0.717, 1.165) is 0 Å². The van der Waals surface area contributed by atoms with Crippen molar-refractivity contribution in [3.63, 3.8) is 0 Å². The summed E-state index contributed by atoms with van der Waals surface area (Å²) in [5, 5.41) is 8.85. The van der Waals surface area contributed by atoms with E-state index in [4.69, 9.17) is 11.0 Å². The molecule has 0 aliphatic carbocycles. The smallest absolute Gasteiger partial charge is 0.235 e. The number of nitrogen functional groups attached to an aromatic ring is 1. The highest BCUT2D eigenvalue weighted by atomic mass is 32.2. The van der Waals surface area contributed by atoms with E-state index < -0.39 is 10.0 Å². The van der Waals surface area contributed by atoms with Gasteiger partial charge < -0.3 is 10.5 Å². The van der Waals surface area contributed by atoms with Gasteiger partial charge in [0.25, 0.3) is 0 Å². The number of nitrogens with zero attached hydrogens (tertiary/aromatic N) is 1. The summed E-state index contributed by atoms with van der Waals surface area (Å²) in [7, 11) is -2.09. The molecular weight excluding hydrogens is 242 g/mol. The maximum Gasteiger partial charge on any atom is 0.235 e. The number of nitrogens with one attached hydrogen (secondary N) is 1. The molecule has 7 heteroatoms. The van der Waals surface area contributed by atoms with Gasteiger partial charge in [0.1, 0.15) is 6.07 Å². The number of nitriles is 1. The molecule has 0 saturated heterocycles. The molecule has 17 heavy (non-hydrogen) atoms. The average molecular weight is 255 g/mol. The topological polar surface area (TPSA) is 105 Å². The van der Waals surface area contributed by atoms with Crippen LogP contribution in [0.4, 0.5) is 11.4 Å². The fourth-order valence-corrected chi connectivity index (χ4v) is 2.16. The lowest BCUT2D eigenvalue weighted by atomic mass is 10.2. The van der Waals surface area contributed by atoms with Crippen molar-refractivity contribution in [2.45, 2.75) is 0 Å². The Morgan fingerprint density at radius 3 is 2.82 bits per heavy atom. The van der Waals surface area contributed by atoms with Crippen LogP contribution in [0.5, 0.6) is 0 Å². The number of sulfonamides is 1. The molecule has 0 saturated carbocycles. The zero-order chi connectivity index (χ0) is 12.9. The molecule has 3 N–H and O–H groups in total. The van der Waals surface area contributed by atoms with E-state index in [-0.39, 0.29) is 23.6 Å². The summed E-state index contributed by atoms with van der Waals surface area (Å²) in [6.45, 7) is 0.0895. The Morgan fingerprint density at radius 1 is 1.53 bits per heavy atom. The Bertz CT molecular complexity index is 534. The van der Waals surface area contributed by atoms with Crippen LogP contribution < -0.4 is 10.5 Å². The molecule has 1 aromatic rings. The second-order valence-corrected chi connectivity index (χ2v) is 5.17. The van der Waals surface area contributed by atoms with Crippen molar-refractivity contribution in [3.05, 3.63) is 23.8 Å². The fraction of sp³-hybridized carbons (Fsp3) is 0.300. The minimum absolute atomic E-state index is 0.0895. The molecule has 0 unspecified atom stereocenters. The van der Waals surface area contributed by atoms with Gasteiger partial charge in [-0.15, -0.1) is 0 Å². The van der Waals surface area contributed by atoms with Crippen LogP contribution in [-0.2, 0) is 14.8 Å². The van der Waals surface area contributed by atoms with Gasteiger partial charge in [-0.25, -0.2) is 8.42 Å². The van der Waals surface area contributed by atoms with Crippen LogP contribution in [0, 0.1) is 11.3 Å². The summed E-state index contributed by atoms with van der Waals surface area (Å²) in [6, 6.07) is 6.27. The quantitative estimate of drug-likeness (QED) is 0.746. The first-order chi connectivity index (χ1) is 7.98. The van der Waals surface area contributed by atoms with Gasteiger partial charge in [0.15, 0.2) is 0 Å². The second-order valence-electron chi connectivity index (χ2n) is 3.33. The van der Waals surface area contributed by atoms with Crippen LogP contribution in [0.2, 0.25) is 0 Å². The van der Waals surface area contributed by atoms with E-state index in [1.807, 2.05) is 6.07 Å². The van der Waals surface area contributed by atoms with E-state index in [1.165, 1.54) is 25.3 Å². The van der Waals surface area contributed by atoms with Gasteiger partial charge in [0.2, 0.25) is 10.0 Å². The molecule has 0 aliphatic rings. The number of benzene rings is 1. The van der Waals surface area contributed by atoms with Crippen molar-refractivity contribution in [1.29, 1.82) is 5.26 Å². The molecule has 0 aromatic heterocycles. The number of ether oxygens (including phenoxy) is 1. The van der Waals surface area contributed by atoms with Crippen molar-refractivity contribution in [2.24, 2.45) is 0 Å². The standard InChI is InChI=1S/C10H13N3O3S/c1-16-4-5-17(14,15)13-10-3-2-9(12)6-8(10)7-11/h2-3,6,13H,4-5,12H2,1H3. The lowest BCUT2D eigenvalue weighted by Gasteiger charge is -2.09. The minimum atomic E-state index is -3.51. The third-order valence-electron chi connectivity index (χ3n) is 1.99. The van der Waals surface area contributed by atoms with Gasteiger partial charge in [-0.05, 0) is 18.2 Å². The van der Waals surface area contributed by atoms with Crippen molar-refractivity contribution in [3.8, 4) is 6.07 Å². The molecule has 0 amide bonds. The van der Waals surface area contributed by atoms with Crippen LogP contribution in [0.1, 0.15) is 5.56 Å². The maximum atomic E-state index is 11.6. The number of hydrogen-bond acceptors (Lipinski definition) is 5. The molecule has 6 nitrogen and oxygen atoms in total. The van der Waals surface area contributed by atoms with E-state index in [2.05, 4.69) is 9.46 Å². The molecule has 1 aromatic carbocycles.